The minimum Gasteiger partial charge on any atom is -0.458 e. The summed E-state index contributed by atoms with van der Waals surface area (Å²) in [6.45, 7) is 4.34. The summed E-state index contributed by atoms with van der Waals surface area (Å²) in [5, 5.41) is 0. The first kappa shape index (κ1) is 16.2. The van der Waals surface area contributed by atoms with Crippen molar-refractivity contribution >= 4 is 12.3 Å². The van der Waals surface area contributed by atoms with Crippen LogP contribution in [0.25, 0.3) is 0 Å². The Balaban J connectivity index is 1.75. The van der Waals surface area contributed by atoms with Crippen LogP contribution in [0, 0.1) is 23.2 Å². The number of carbonyl (C=O) groups is 2. The number of hydrogen-bond acceptors (Lipinski definition) is 3. The van der Waals surface area contributed by atoms with Crippen molar-refractivity contribution in [2.75, 3.05) is 0 Å². The first-order chi connectivity index (χ1) is 11.1. The van der Waals surface area contributed by atoms with E-state index in [1.54, 1.807) is 12.1 Å². The molecule has 2 fully saturated rings. The highest BCUT2D eigenvalue weighted by atomic mass is 16.5. The lowest BCUT2D eigenvalue weighted by atomic mass is 9.62. The molecule has 0 aliphatic heterocycles. The van der Waals surface area contributed by atoms with Crippen LogP contribution in [-0.2, 0) is 9.53 Å². The van der Waals surface area contributed by atoms with E-state index < -0.39 is 0 Å². The molecule has 2 aliphatic rings. The smallest absolute Gasteiger partial charge is 0.338 e. The minimum atomic E-state index is -0.216. The van der Waals surface area contributed by atoms with E-state index in [2.05, 4.69) is 6.92 Å². The van der Waals surface area contributed by atoms with Crippen molar-refractivity contribution in [3.05, 3.63) is 35.9 Å². The van der Waals surface area contributed by atoms with Crippen LogP contribution in [0.1, 0.15) is 56.3 Å². The third-order valence-corrected chi connectivity index (χ3v) is 6.25. The Labute approximate surface area is 138 Å². The number of carbonyl (C=O) groups excluding carboxylic acids is 2. The number of hydrogen-bond donors (Lipinski definition) is 0. The molecule has 5 atom stereocenters. The number of esters is 1. The zero-order valence-electron chi connectivity index (χ0n) is 14.0. The van der Waals surface area contributed by atoms with E-state index >= 15 is 0 Å². The van der Waals surface area contributed by atoms with Crippen LogP contribution >= 0.6 is 0 Å². The average Bonchev–Trinajstić information content (AvgIpc) is 2.93. The molecule has 2 unspecified atom stereocenters. The maximum absolute atomic E-state index is 12.4. The lowest BCUT2D eigenvalue weighted by Crippen LogP contribution is -2.43. The highest BCUT2D eigenvalue weighted by Gasteiger charge is 2.53. The monoisotopic (exact) mass is 314 g/mol. The second-order valence-electron chi connectivity index (χ2n) is 7.49. The Bertz CT molecular complexity index is 568. The lowest BCUT2D eigenvalue weighted by molar-refractivity contribution is -0.114. The first-order valence-electron chi connectivity index (χ1n) is 8.77. The van der Waals surface area contributed by atoms with Gasteiger partial charge in [0, 0.05) is 11.8 Å². The molecular formula is C20H26O3. The van der Waals surface area contributed by atoms with Crippen molar-refractivity contribution in [3.8, 4) is 0 Å². The molecule has 0 radical (unpaired) electrons. The van der Waals surface area contributed by atoms with Gasteiger partial charge in [-0.3, -0.25) is 0 Å². The zero-order chi connectivity index (χ0) is 16.4. The van der Waals surface area contributed by atoms with E-state index in [1.807, 2.05) is 25.1 Å². The summed E-state index contributed by atoms with van der Waals surface area (Å²) in [6, 6.07) is 9.22. The van der Waals surface area contributed by atoms with E-state index in [1.165, 1.54) is 0 Å². The number of ether oxygens (including phenoxy) is 1. The Morgan fingerprint density at radius 3 is 2.70 bits per heavy atom. The largest absolute Gasteiger partial charge is 0.458 e. The van der Waals surface area contributed by atoms with Crippen LogP contribution in [0.5, 0.6) is 0 Å². The van der Waals surface area contributed by atoms with Gasteiger partial charge in [-0.05, 0) is 55.6 Å². The standard InChI is InChI=1S/C20H26O3/c1-14(13-21)16-10-11-17-18(9-6-12-20(16,17)2)23-19(22)15-7-4-3-5-8-15/h3-5,7-8,13-14,16-18H,6,9-12H2,1-2H3/t14?,16-,17+,18?,20-/m1/s1. The Morgan fingerprint density at radius 2 is 2.00 bits per heavy atom. The molecule has 0 amide bonds. The van der Waals surface area contributed by atoms with Gasteiger partial charge in [0.2, 0.25) is 0 Å². The molecule has 0 N–H and O–H groups in total. The lowest BCUT2D eigenvalue weighted by Gasteiger charge is -2.45. The molecule has 2 aliphatic carbocycles. The second-order valence-corrected chi connectivity index (χ2v) is 7.49. The molecule has 0 spiro atoms. The first-order valence-corrected chi connectivity index (χ1v) is 8.77. The van der Waals surface area contributed by atoms with Gasteiger partial charge in [0.1, 0.15) is 12.4 Å². The van der Waals surface area contributed by atoms with Crippen molar-refractivity contribution < 1.29 is 14.3 Å². The third-order valence-electron chi connectivity index (χ3n) is 6.25. The molecule has 23 heavy (non-hydrogen) atoms. The fourth-order valence-corrected chi connectivity index (χ4v) is 5.04. The molecule has 124 valence electrons. The van der Waals surface area contributed by atoms with Gasteiger partial charge in [-0.1, -0.05) is 32.0 Å². The maximum Gasteiger partial charge on any atom is 0.338 e. The summed E-state index contributed by atoms with van der Waals surface area (Å²) < 4.78 is 5.89. The van der Waals surface area contributed by atoms with E-state index in [0.717, 1.165) is 38.4 Å². The molecule has 0 aromatic heterocycles. The van der Waals surface area contributed by atoms with Crippen molar-refractivity contribution in [3.63, 3.8) is 0 Å². The maximum atomic E-state index is 12.4. The van der Waals surface area contributed by atoms with Crippen LogP contribution in [0.15, 0.2) is 30.3 Å². The van der Waals surface area contributed by atoms with Crippen LogP contribution < -0.4 is 0 Å². The minimum absolute atomic E-state index is 0.00897. The number of fused-ring (bicyclic) bond motifs is 1. The van der Waals surface area contributed by atoms with Crippen LogP contribution in [0.4, 0.5) is 0 Å². The summed E-state index contributed by atoms with van der Waals surface area (Å²) in [5.41, 5.74) is 0.746. The molecular weight excluding hydrogens is 288 g/mol. The van der Waals surface area contributed by atoms with E-state index in [0.29, 0.717) is 17.4 Å². The molecule has 1 aromatic carbocycles. The zero-order valence-corrected chi connectivity index (χ0v) is 14.0. The quantitative estimate of drug-likeness (QED) is 0.616. The number of aldehydes is 1. The normalized spacial score (nSPS) is 34.4. The van der Waals surface area contributed by atoms with Crippen LogP contribution in [-0.4, -0.2) is 18.4 Å². The fourth-order valence-electron chi connectivity index (χ4n) is 5.04. The predicted molar refractivity (Wildman–Crippen MR) is 89.0 cm³/mol. The Kier molecular flexibility index (Phi) is 4.56. The summed E-state index contributed by atoms with van der Waals surface area (Å²) in [7, 11) is 0. The van der Waals surface area contributed by atoms with Gasteiger partial charge in [-0.15, -0.1) is 0 Å². The van der Waals surface area contributed by atoms with E-state index in [9.17, 15) is 9.59 Å². The summed E-state index contributed by atoms with van der Waals surface area (Å²) in [6.07, 6.45) is 6.37. The molecule has 2 saturated carbocycles. The van der Waals surface area contributed by atoms with Crippen molar-refractivity contribution in [2.45, 2.75) is 52.1 Å². The van der Waals surface area contributed by atoms with Gasteiger partial charge in [-0.2, -0.15) is 0 Å². The molecule has 3 heteroatoms. The number of benzene rings is 1. The van der Waals surface area contributed by atoms with Gasteiger partial charge in [0.25, 0.3) is 0 Å². The molecule has 3 nitrogen and oxygen atoms in total. The van der Waals surface area contributed by atoms with Crippen LogP contribution in [0.3, 0.4) is 0 Å². The predicted octanol–water partition coefficient (Wildman–Crippen LogP) is 4.26. The third kappa shape index (κ3) is 2.93. The highest BCUT2D eigenvalue weighted by Crippen LogP contribution is 2.58. The molecule has 3 rings (SSSR count). The van der Waals surface area contributed by atoms with Gasteiger partial charge in [0.05, 0.1) is 5.56 Å². The Hall–Kier alpha value is -1.64. The summed E-state index contributed by atoms with van der Waals surface area (Å²) in [5.74, 6) is 0.680. The van der Waals surface area contributed by atoms with Crippen molar-refractivity contribution in [1.82, 2.24) is 0 Å². The molecule has 0 saturated heterocycles. The van der Waals surface area contributed by atoms with Crippen molar-refractivity contribution in [2.24, 2.45) is 23.2 Å². The fraction of sp³-hybridized carbons (Fsp3) is 0.600. The number of rotatable bonds is 4. The average molecular weight is 314 g/mol. The summed E-state index contributed by atoms with van der Waals surface area (Å²) >= 11 is 0. The topological polar surface area (TPSA) is 43.4 Å². The molecule has 1 aromatic rings. The van der Waals surface area contributed by atoms with Gasteiger partial charge < -0.3 is 9.53 Å². The van der Waals surface area contributed by atoms with Crippen molar-refractivity contribution in [1.29, 1.82) is 0 Å². The van der Waals surface area contributed by atoms with Gasteiger partial charge in [0.15, 0.2) is 0 Å². The molecule has 0 bridgehead atoms. The SMILES string of the molecule is CC(C=O)[C@H]1CC[C@H]2C(OC(=O)c3ccccc3)CCC[C@]12C. The summed E-state index contributed by atoms with van der Waals surface area (Å²) in [4.78, 5) is 23.7. The molecule has 0 heterocycles. The highest BCUT2D eigenvalue weighted by molar-refractivity contribution is 5.89. The van der Waals surface area contributed by atoms with E-state index in [4.69, 9.17) is 4.74 Å². The Morgan fingerprint density at radius 1 is 1.26 bits per heavy atom. The van der Waals surface area contributed by atoms with E-state index in [-0.39, 0.29) is 23.4 Å². The van der Waals surface area contributed by atoms with Gasteiger partial charge >= 0.3 is 5.97 Å². The van der Waals surface area contributed by atoms with Crippen LogP contribution in [0.2, 0.25) is 0 Å². The second kappa shape index (κ2) is 6.46. The van der Waals surface area contributed by atoms with Gasteiger partial charge in [-0.25, -0.2) is 4.79 Å².